The summed E-state index contributed by atoms with van der Waals surface area (Å²) < 4.78 is 9.47. The van der Waals surface area contributed by atoms with Gasteiger partial charge in [-0.2, -0.15) is 0 Å². The molecule has 16 aromatic carbocycles. The molecule has 22 rings (SSSR count). The standard InChI is InChI=1S/2C50H32N4/c1-3-14-33(15-4-1)49-41-22-7-10-23-44(41)51-50(52-49)36-16-13-19-38(30-36)54-46-25-12-9-21-40(46)43-32-35(27-29-48(43)54)34-26-28-47-42(31-34)39-20-8-11-24-45(39)53(47)37-17-5-2-6-18-37;1-3-13-33(14-4-1)49-41-19-7-10-20-44(41)51-50(52-49)34-23-27-38(28-24-34)54-46-22-12-9-18-40(46)43-32-36(26-30-48(43)54)35-25-29-47-42(31-35)39-17-8-11-21-45(39)53(47)37-15-5-2-6-16-37/h2*1-32H. The fraction of sp³-hybridized carbons (Fsp3) is 0. The maximum absolute atomic E-state index is 5.17. The maximum Gasteiger partial charge on any atom is 0.160 e. The van der Waals surface area contributed by atoms with E-state index in [0.717, 1.165) is 83.7 Å². The zero-order valence-corrected chi connectivity index (χ0v) is 58.5. The quantitative estimate of drug-likeness (QED) is 0.137. The van der Waals surface area contributed by atoms with Gasteiger partial charge in [0.2, 0.25) is 0 Å². The van der Waals surface area contributed by atoms with Gasteiger partial charge >= 0.3 is 0 Å². The number of hydrogen-bond acceptors (Lipinski definition) is 4. The number of nitrogens with zero attached hydrogens (tertiary/aromatic N) is 8. The summed E-state index contributed by atoms with van der Waals surface area (Å²) in [5, 5.41) is 12.0. The van der Waals surface area contributed by atoms with Gasteiger partial charge in [0.1, 0.15) is 0 Å². The normalized spacial score (nSPS) is 11.7. The van der Waals surface area contributed by atoms with Crippen molar-refractivity contribution in [1.82, 2.24) is 38.2 Å². The summed E-state index contributed by atoms with van der Waals surface area (Å²) in [6.07, 6.45) is 0. The molecule has 0 amide bonds. The lowest BCUT2D eigenvalue weighted by atomic mass is 10.0. The first-order valence-electron chi connectivity index (χ1n) is 36.7. The third-order valence-corrected chi connectivity index (χ3v) is 21.4. The summed E-state index contributed by atoms with van der Waals surface area (Å²) in [5.41, 5.74) is 26.6. The molecule has 6 heterocycles. The second kappa shape index (κ2) is 25.7. The van der Waals surface area contributed by atoms with Crippen molar-refractivity contribution in [2.24, 2.45) is 0 Å². The van der Waals surface area contributed by atoms with Gasteiger partial charge in [0.05, 0.1) is 66.6 Å². The minimum atomic E-state index is 0.710. The first-order valence-corrected chi connectivity index (χ1v) is 36.7. The molecule has 0 saturated carbocycles. The van der Waals surface area contributed by atoms with Crippen molar-refractivity contribution in [2.75, 3.05) is 0 Å². The highest BCUT2D eigenvalue weighted by Crippen LogP contribution is 2.43. The van der Waals surface area contributed by atoms with Crippen LogP contribution in [0.15, 0.2) is 388 Å². The Morgan fingerprint density at radius 2 is 0.417 bits per heavy atom. The lowest BCUT2D eigenvalue weighted by molar-refractivity contribution is 1.17. The van der Waals surface area contributed by atoms with Crippen molar-refractivity contribution in [2.45, 2.75) is 0 Å². The van der Waals surface area contributed by atoms with Gasteiger partial charge in [-0.1, -0.05) is 243 Å². The number of rotatable bonds is 10. The molecule has 0 aliphatic rings. The molecule has 0 atom stereocenters. The number of hydrogen-bond donors (Lipinski definition) is 0. The fourth-order valence-corrected chi connectivity index (χ4v) is 16.5. The smallest absolute Gasteiger partial charge is 0.160 e. The van der Waals surface area contributed by atoms with Crippen LogP contribution in [0.2, 0.25) is 0 Å². The number of aromatic nitrogens is 8. The molecule has 8 nitrogen and oxygen atoms in total. The Labute approximate surface area is 621 Å². The van der Waals surface area contributed by atoms with Crippen LogP contribution in [-0.2, 0) is 0 Å². The predicted molar refractivity (Wildman–Crippen MR) is 449 cm³/mol. The topological polar surface area (TPSA) is 71.3 Å². The van der Waals surface area contributed by atoms with Gasteiger partial charge in [-0.3, -0.25) is 0 Å². The lowest BCUT2D eigenvalue weighted by Gasteiger charge is -2.12. The van der Waals surface area contributed by atoms with E-state index in [1.807, 2.05) is 30.3 Å². The molecule has 0 bridgehead atoms. The van der Waals surface area contributed by atoms with Gasteiger partial charge in [0, 0.05) is 98.9 Å². The van der Waals surface area contributed by atoms with E-state index in [-0.39, 0.29) is 0 Å². The zero-order chi connectivity index (χ0) is 71.2. The Morgan fingerprint density at radius 3 is 0.796 bits per heavy atom. The van der Waals surface area contributed by atoms with Crippen LogP contribution in [0.3, 0.4) is 0 Å². The third kappa shape index (κ3) is 10.4. The van der Waals surface area contributed by atoms with Crippen molar-refractivity contribution in [3.8, 4) is 90.3 Å². The van der Waals surface area contributed by atoms with Crippen molar-refractivity contribution < 1.29 is 0 Å². The fourth-order valence-electron chi connectivity index (χ4n) is 16.5. The highest BCUT2D eigenvalue weighted by Gasteiger charge is 2.21. The van der Waals surface area contributed by atoms with E-state index in [9.17, 15) is 0 Å². The molecule has 22 aromatic rings. The van der Waals surface area contributed by atoms with Gasteiger partial charge in [-0.25, -0.2) is 19.9 Å². The molecule has 0 unspecified atom stereocenters. The molecule has 0 spiro atoms. The molecule has 504 valence electrons. The molecular weight excluding hydrogens is 1310 g/mol. The van der Waals surface area contributed by atoms with E-state index in [1.54, 1.807) is 0 Å². The summed E-state index contributed by atoms with van der Waals surface area (Å²) >= 11 is 0. The Hall–Kier alpha value is -14.6. The zero-order valence-electron chi connectivity index (χ0n) is 58.5. The van der Waals surface area contributed by atoms with Crippen LogP contribution in [0.1, 0.15) is 0 Å². The molecule has 0 radical (unpaired) electrons. The molecule has 0 aliphatic carbocycles. The maximum atomic E-state index is 5.17. The average molecular weight is 1380 g/mol. The third-order valence-electron chi connectivity index (χ3n) is 21.4. The minimum absolute atomic E-state index is 0.710. The van der Waals surface area contributed by atoms with Gasteiger partial charge in [0.15, 0.2) is 11.6 Å². The molecular formula is C100H64N8. The van der Waals surface area contributed by atoms with Crippen LogP contribution in [0, 0.1) is 0 Å². The first-order chi connectivity index (χ1) is 53.6. The van der Waals surface area contributed by atoms with Crippen molar-refractivity contribution in [3.05, 3.63) is 388 Å². The SMILES string of the molecule is c1ccc(-c2nc(-c3ccc(-n4c5ccccc5c5cc(-c6ccc7c(c6)c6ccccc6n7-c6ccccc6)ccc54)cc3)nc3ccccc23)cc1.c1ccc(-c2nc(-c3cccc(-n4c5ccccc5c5cc(-c6ccc7c(c6)c6ccccc6n7-c6ccccc6)ccc54)c3)nc3ccccc23)cc1. The Morgan fingerprint density at radius 1 is 0.148 bits per heavy atom. The van der Waals surface area contributed by atoms with Crippen molar-refractivity contribution in [1.29, 1.82) is 0 Å². The molecule has 0 N–H and O–H groups in total. The summed E-state index contributed by atoms with van der Waals surface area (Å²) in [4.78, 5) is 20.3. The van der Waals surface area contributed by atoms with Gasteiger partial charge in [-0.05, 0) is 168 Å². The highest BCUT2D eigenvalue weighted by atomic mass is 15.0. The van der Waals surface area contributed by atoms with E-state index in [1.165, 1.54) is 110 Å². The van der Waals surface area contributed by atoms with Crippen LogP contribution in [0.25, 0.3) is 199 Å². The highest BCUT2D eigenvalue weighted by molar-refractivity contribution is 6.15. The van der Waals surface area contributed by atoms with Gasteiger partial charge < -0.3 is 18.3 Å². The summed E-state index contributed by atoms with van der Waals surface area (Å²) in [7, 11) is 0. The summed E-state index contributed by atoms with van der Waals surface area (Å²) in [6, 6.07) is 138. The Balaban J connectivity index is 0.000000138. The molecule has 108 heavy (non-hydrogen) atoms. The number of para-hydroxylation sites is 8. The monoisotopic (exact) mass is 1380 g/mol. The van der Waals surface area contributed by atoms with Crippen LogP contribution >= 0.6 is 0 Å². The van der Waals surface area contributed by atoms with E-state index < -0.39 is 0 Å². The number of benzene rings is 16. The molecule has 6 aromatic heterocycles. The Kier molecular flexibility index (Phi) is 14.7. The summed E-state index contributed by atoms with van der Waals surface area (Å²) in [5.74, 6) is 1.43. The van der Waals surface area contributed by atoms with Gasteiger partial charge in [-0.15, -0.1) is 0 Å². The molecule has 8 heteroatoms. The first kappa shape index (κ1) is 62.0. The lowest BCUT2D eigenvalue weighted by Crippen LogP contribution is -1.97. The largest absolute Gasteiger partial charge is 0.309 e. The second-order valence-electron chi connectivity index (χ2n) is 27.7. The second-order valence-corrected chi connectivity index (χ2v) is 27.7. The van der Waals surface area contributed by atoms with Crippen LogP contribution in [-0.4, -0.2) is 38.2 Å². The minimum Gasteiger partial charge on any atom is -0.309 e. The van der Waals surface area contributed by atoms with Crippen molar-refractivity contribution in [3.63, 3.8) is 0 Å². The van der Waals surface area contributed by atoms with Crippen LogP contribution in [0.5, 0.6) is 0 Å². The van der Waals surface area contributed by atoms with E-state index in [2.05, 4.69) is 376 Å². The van der Waals surface area contributed by atoms with E-state index >= 15 is 0 Å². The van der Waals surface area contributed by atoms with Gasteiger partial charge in [0.25, 0.3) is 0 Å². The molecule has 0 saturated heterocycles. The van der Waals surface area contributed by atoms with Crippen LogP contribution in [0.4, 0.5) is 0 Å². The Bertz CT molecular complexity index is 7280. The van der Waals surface area contributed by atoms with E-state index in [4.69, 9.17) is 19.9 Å². The van der Waals surface area contributed by atoms with E-state index in [0.29, 0.717) is 5.82 Å². The predicted octanol–water partition coefficient (Wildman–Crippen LogP) is 25.7. The number of fused-ring (bicyclic) bond motifs is 14. The van der Waals surface area contributed by atoms with Crippen LogP contribution < -0.4 is 0 Å². The molecule has 0 fully saturated rings. The van der Waals surface area contributed by atoms with Crippen molar-refractivity contribution >= 4 is 109 Å². The summed E-state index contributed by atoms with van der Waals surface area (Å²) in [6.45, 7) is 0. The molecule has 0 aliphatic heterocycles. The average Bonchev–Trinajstić information content (AvgIpc) is 1.58.